The van der Waals surface area contributed by atoms with Crippen LogP contribution >= 0.6 is 0 Å². The fourth-order valence-electron chi connectivity index (χ4n) is 2.81. The van der Waals surface area contributed by atoms with Gasteiger partial charge in [-0.15, -0.1) is 0 Å². The Balaban J connectivity index is 1.91. The number of aliphatic hydroxyl groups is 1. The molecule has 2 fully saturated rings. The predicted molar refractivity (Wildman–Crippen MR) is 58.2 cm³/mol. The standard InChI is InChI=1S/C12H23NO/c1-11(2,3)10(4-7-14)13-8-12(9-13)5-6-12/h10,14H,4-9H2,1-3H3. The number of hydrogen-bond acceptors (Lipinski definition) is 2. The van der Waals surface area contributed by atoms with Crippen LogP contribution in [0.1, 0.15) is 40.0 Å². The molecule has 1 unspecified atom stereocenters. The second-order valence-corrected chi connectivity index (χ2v) is 6.30. The molecule has 0 amide bonds. The van der Waals surface area contributed by atoms with Crippen molar-refractivity contribution >= 4 is 0 Å². The van der Waals surface area contributed by atoms with Gasteiger partial charge in [-0.1, -0.05) is 20.8 Å². The van der Waals surface area contributed by atoms with E-state index in [9.17, 15) is 0 Å². The van der Waals surface area contributed by atoms with Crippen LogP contribution in [-0.4, -0.2) is 35.7 Å². The second kappa shape index (κ2) is 3.21. The first-order chi connectivity index (χ1) is 6.47. The summed E-state index contributed by atoms with van der Waals surface area (Å²) in [6.45, 7) is 9.75. The zero-order chi connectivity index (χ0) is 10.4. The molecule has 0 aromatic heterocycles. The summed E-state index contributed by atoms with van der Waals surface area (Å²) >= 11 is 0. The summed E-state index contributed by atoms with van der Waals surface area (Å²) in [4.78, 5) is 2.57. The van der Waals surface area contributed by atoms with E-state index in [0.717, 1.165) is 11.8 Å². The average molecular weight is 197 g/mol. The van der Waals surface area contributed by atoms with E-state index in [1.807, 2.05) is 0 Å². The van der Waals surface area contributed by atoms with Gasteiger partial charge in [0.25, 0.3) is 0 Å². The van der Waals surface area contributed by atoms with Crippen LogP contribution in [0.15, 0.2) is 0 Å². The average Bonchev–Trinajstić information content (AvgIpc) is 2.74. The largest absolute Gasteiger partial charge is 0.396 e. The van der Waals surface area contributed by atoms with Crippen molar-refractivity contribution in [2.24, 2.45) is 10.8 Å². The van der Waals surface area contributed by atoms with Gasteiger partial charge in [0.1, 0.15) is 0 Å². The summed E-state index contributed by atoms with van der Waals surface area (Å²) in [5.41, 5.74) is 1.04. The van der Waals surface area contributed by atoms with E-state index in [-0.39, 0.29) is 0 Å². The predicted octanol–water partition coefficient (Wildman–Crippen LogP) is 1.88. The van der Waals surface area contributed by atoms with Crippen molar-refractivity contribution in [1.29, 1.82) is 0 Å². The molecular formula is C12H23NO. The van der Waals surface area contributed by atoms with Gasteiger partial charge in [-0.05, 0) is 30.1 Å². The Hall–Kier alpha value is -0.0800. The van der Waals surface area contributed by atoms with Crippen LogP contribution in [0.3, 0.4) is 0 Å². The van der Waals surface area contributed by atoms with Gasteiger partial charge in [0.2, 0.25) is 0 Å². The minimum Gasteiger partial charge on any atom is -0.396 e. The Labute approximate surface area is 87.3 Å². The highest BCUT2D eigenvalue weighted by molar-refractivity contribution is 5.07. The third-order valence-electron chi connectivity index (χ3n) is 3.88. The highest BCUT2D eigenvalue weighted by atomic mass is 16.3. The molecule has 14 heavy (non-hydrogen) atoms. The van der Waals surface area contributed by atoms with Crippen LogP contribution < -0.4 is 0 Å². The SMILES string of the molecule is CC(C)(C)C(CCO)N1CC2(CC2)C1. The number of likely N-dealkylation sites (tertiary alicyclic amines) is 1. The second-order valence-electron chi connectivity index (χ2n) is 6.30. The van der Waals surface area contributed by atoms with Crippen LogP contribution in [-0.2, 0) is 0 Å². The van der Waals surface area contributed by atoms with Crippen molar-refractivity contribution < 1.29 is 5.11 Å². The molecule has 1 saturated heterocycles. The van der Waals surface area contributed by atoms with E-state index in [4.69, 9.17) is 5.11 Å². The highest BCUT2D eigenvalue weighted by Crippen LogP contribution is 2.54. The third kappa shape index (κ3) is 1.82. The maximum Gasteiger partial charge on any atom is 0.0446 e. The molecule has 1 aliphatic carbocycles. The van der Waals surface area contributed by atoms with E-state index >= 15 is 0 Å². The van der Waals surface area contributed by atoms with E-state index in [0.29, 0.717) is 18.1 Å². The van der Waals surface area contributed by atoms with Gasteiger partial charge < -0.3 is 5.11 Å². The minimum absolute atomic E-state index is 0.305. The lowest BCUT2D eigenvalue weighted by molar-refractivity contribution is -0.0209. The lowest BCUT2D eigenvalue weighted by atomic mass is 9.80. The van der Waals surface area contributed by atoms with Crippen LogP contribution in [0.2, 0.25) is 0 Å². The van der Waals surface area contributed by atoms with Gasteiger partial charge in [0.05, 0.1) is 0 Å². The fraction of sp³-hybridized carbons (Fsp3) is 1.00. The molecule has 2 nitrogen and oxygen atoms in total. The number of hydrogen-bond donors (Lipinski definition) is 1. The van der Waals surface area contributed by atoms with Gasteiger partial charge >= 0.3 is 0 Å². The van der Waals surface area contributed by atoms with Crippen molar-refractivity contribution in [1.82, 2.24) is 4.90 Å². The van der Waals surface area contributed by atoms with Crippen LogP contribution in [0.4, 0.5) is 0 Å². The summed E-state index contributed by atoms with van der Waals surface area (Å²) in [5.74, 6) is 0. The van der Waals surface area contributed by atoms with Crippen LogP contribution in [0.25, 0.3) is 0 Å². The molecule has 82 valence electrons. The van der Waals surface area contributed by atoms with Crippen LogP contribution in [0, 0.1) is 10.8 Å². The number of nitrogens with zero attached hydrogens (tertiary/aromatic N) is 1. The Morgan fingerprint density at radius 1 is 1.29 bits per heavy atom. The summed E-state index contributed by atoms with van der Waals surface area (Å²) in [5, 5.41) is 9.09. The molecule has 0 bridgehead atoms. The molecule has 1 N–H and O–H groups in total. The number of rotatable bonds is 3. The van der Waals surface area contributed by atoms with Crippen LogP contribution in [0.5, 0.6) is 0 Å². The van der Waals surface area contributed by atoms with Crippen molar-refractivity contribution in [2.45, 2.75) is 46.1 Å². The van der Waals surface area contributed by atoms with Crippen molar-refractivity contribution in [3.63, 3.8) is 0 Å². The Morgan fingerprint density at radius 2 is 1.86 bits per heavy atom. The maximum absolute atomic E-state index is 9.09. The summed E-state index contributed by atoms with van der Waals surface area (Å²) in [6.07, 6.45) is 3.82. The van der Waals surface area contributed by atoms with Crippen molar-refractivity contribution in [2.75, 3.05) is 19.7 Å². The fourth-order valence-corrected chi connectivity index (χ4v) is 2.81. The zero-order valence-corrected chi connectivity index (χ0v) is 9.71. The van der Waals surface area contributed by atoms with E-state index < -0.39 is 0 Å². The number of aliphatic hydroxyl groups excluding tert-OH is 1. The first-order valence-corrected chi connectivity index (χ1v) is 5.82. The molecule has 0 aromatic carbocycles. The first-order valence-electron chi connectivity index (χ1n) is 5.82. The van der Waals surface area contributed by atoms with Gasteiger partial charge in [0, 0.05) is 25.7 Å². The van der Waals surface area contributed by atoms with Crippen molar-refractivity contribution in [3.8, 4) is 0 Å². The highest BCUT2D eigenvalue weighted by Gasteiger charge is 2.54. The molecule has 0 aromatic rings. The van der Waals surface area contributed by atoms with E-state index in [1.54, 1.807) is 0 Å². The maximum atomic E-state index is 9.09. The molecule has 1 heterocycles. The summed E-state index contributed by atoms with van der Waals surface area (Å²) in [6, 6.07) is 0.568. The third-order valence-corrected chi connectivity index (χ3v) is 3.88. The first kappa shape index (κ1) is 10.4. The van der Waals surface area contributed by atoms with Gasteiger partial charge in [-0.25, -0.2) is 0 Å². The molecule has 1 spiro atoms. The lowest BCUT2D eigenvalue weighted by Gasteiger charge is -2.50. The van der Waals surface area contributed by atoms with Crippen molar-refractivity contribution in [3.05, 3.63) is 0 Å². The summed E-state index contributed by atoms with van der Waals surface area (Å²) in [7, 11) is 0. The lowest BCUT2D eigenvalue weighted by Crippen LogP contribution is -2.57. The van der Waals surface area contributed by atoms with E-state index in [2.05, 4.69) is 25.7 Å². The summed E-state index contributed by atoms with van der Waals surface area (Å²) < 4.78 is 0. The molecule has 1 saturated carbocycles. The normalized spacial score (nSPS) is 27.4. The molecular weight excluding hydrogens is 174 g/mol. The topological polar surface area (TPSA) is 23.5 Å². The molecule has 0 radical (unpaired) electrons. The smallest absolute Gasteiger partial charge is 0.0446 e. The Morgan fingerprint density at radius 3 is 2.21 bits per heavy atom. The molecule has 2 rings (SSSR count). The monoisotopic (exact) mass is 197 g/mol. The Bertz CT molecular complexity index is 207. The van der Waals surface area contributed by atoms with Gasteiger partial charge in [0.15, 0.2) is 0 Å². The molecule has 2 aliphatic rings. The molecule has 1 aliphatic heterocycles. The Kier molecular flexibility index (Phi) is 2.39. The molecule has 1 atom stereocenters. The van der Waals surface area contributed by atoms with Gasteiger partial charge in [-0.3, -0.25) is 4.90 Å². The van der Waals surface area contributed by atoms with E-state index in [1.165, 1.54) is 25.9 Å². The zero-order valence-electron chi connectivity index (χ0n) is 9.71. The quantitative estimate of drug-likeness (QED) is 0.746. The van der Waals surface area contributed by atoms with Gasteiger partial charge in [-0.2, -0.15) is 0 Å². The minimum atomic E-state index is 0.305. The molecule has 2 heteroatoms.